The summed E-state index contributed by atoms with van der Waals surface area (Å²) in [5.41, 5.74) is 0.237. The van der Waals surface area contributed by atoms with E-state index in [4.69, 9.17) is 16.3 Å². The monoisotopic (exact) mass is 316 g/mol. The molecular weight excluding hydrogens is 307 g/mol. The number of halogens is 2. The van der Waals surface area contributed by atoms with Crippen LogP contribution in [0.1, 0.15) is 0 Å². The molecule has 0 unspecified atom stereocenters. The quantitative estimate of drug-likeness (QED) is 0.881. The minimum absolute atomic E-state index is 0.0316. The van der Waals surface area contributed by atoms with E-state index in [2.05, 4.69) is 9.71 Å². The molecule has 0 radical (unpaired) electrons. The number of hydrogen-bond donors (Lipinski definition) is 1. The first kappa shape index (κ1) is 14.5. The molecule has 0 fully saturated rings. The van der Waals surface area contributed by atoms with Crippen LogP contribution in [0.4, 0.5) is 10.1 Å². The minimum Gasteiger partial charge on any atom is -0.494 e. The van der Waals surface area contributed by atoms with Gasteiger partial charge in [-0.25, -0.2) is 17.8 Å². The third-order valence-electron chi connectivity index (χ3n) is 2.41. The average Bonchev–Trinajstić information content (AvgIpc) is 2.38. The van der Waals surface area contributed by atoms with E-state index in [0.29, 0.717) is 0 Å². The van der Waals surface area contributed by atoms with Gasteiger partial charge in [-0.05, 0) is 30.3 Å². The lowest BCUT2D eigenvalue weighted by Crippen LogP contribution is -2.13. The number of nitrogens with zero attached hydrogens (tertiary/aromatic N) is 1. The van der Waals surface area contributed by atoms with Gasteiger partial charge in [-0.2, -0.15) is 0 Å². The predicted molar refractivity (Wildman–Crippen MR) is 73.0 cm³/mol. The molecule has 1 aromatic carbocycles. The van der Waals surface area contributed by atoms with E-state index >= 15 is 0 Å². The lowest BCUT2D eigenvalue weighted by molar-refractivity contribution is 0.385. The van der Waals surface area contributed by atoms with Crippen molar-refractivity contribution in [1.82, 2.24) is 4.98 Å². The highest BCUT2D eigenvalue weighted by Crippen LogP contribution is 2.23. The van der Waals surface area contributed by atoms with Crippen LogP contribution < -0.4 is 9.46 Å². The third-order valence-corrected chi connectivity index (χ3v) is 4.00. The van der Waals surface area contributed by atoms with Crippen LogP contribution in [0.3, 0.4) is 0 Å². The Morgan fingerprint density at radius 2 is 2.05 bits per heavy atom. The molecule has 2 rings (SSSR count). The minimum atomic E-state index is -3.91. The molecule has 2 aromatic rings. The van der Waals surface area contributed by atoms with Gasteiger partial charge in [0.25, 0.3) is 10.0 Å². The highest BCUT2D eigenvalue weighted by Gasteiger charge is 2.17. The van der Waals surface area contributed by atoms with E-state index in [1.807, 2.05) is 0 Å². The topological polar surface area (TPSA) is 68.3 Å². The van der Waals surface area contributed by atoms with Gasteiger partial charge in [-0.3, -0.25) is 4.72 Å². The van der Waals surface area contributed by atoms with Crippen LogP contribution in [0.2, 0.25) is 5.15 Å². The van der Waals surface area contributed by atoms with Gasteiger partial charge >= 0.3 is 0 Å². The van der Waals surface area contributed by atoms with Crippen molar-refractivity contribution in [3.63, 3.8) is 0 Å². The number of anilines is 1. The molecular formula is C12H10ClFN2O3S. The number of pyridine rings is 1. The summed E-state index contributed by atoms with van der Waals surface area (Å²) in [4.78, 5) is 3.51. The summed E-state index contributed by atoms with van der Waals surface area (Å²) in [5, 5.41) is 0.145. The zero-order chi connectivity index (χ0) is 14.8. The zero-order valence-corrected chi connectivity index (χ0v) is 11.9. The zero-order valence-electron chi connectivity index (χ0n) is 10.3. The van der Waals surface area contributed by atoms with Crippen molar-refractivity contribution in [2.45, 2.75) is 4.90 Å². The van der Waals surface area contributed by atoms with E-state index < -0.39 is 15.8 Å². The van der Waals surface area contributed by atoms with E-state index in [-0.39, 0.29) is 21.5 Å². The number of ether oxygens (including phenoxy) is 1. The van der Waals surface area contributed by atoms with Crippen molar-refractivity contribution in [2.24, 2.45) is 0 Å². The summed E-state index contributed by atoms with van der Waals surface area (Å²) in [6, 6.07) is 6.14. The Morgan fingerprint density at radius 3 is 2.65 bits per heavy atom. The van der Waals surface area contributed by atoms with Crippen LogP contribution >= 0.6 is 11.6 Å². The van der Waals surface area contributed by atoms with E-state index in [9.17, 15) is 12.8 Å². The smallest absolute Gasteiger partial charge is 0.262 e. The van der Waals surface area contributed by atoms with Crippen LogP contribution in [0.25, 0.3) is 0 Å². The maximum atomic E-state index is 13.5. The lowest BCUT2D eigenvalue weighted by atomic mass is 10.3. The second kappa shape index (κ2) is 5.64. The molecule has 0 aliphatic heterocycles. The summed E-state index contributed by atoms with van der Waals surface area (Å²) in [5.74, 6) is -0.793. The van der Waals surface area contributed by atoms with Crippen molar-refractivity contribution < 1.29 is 17.5 Å². The van der Waals surface area contributed by atoms with Crippen molar-refractivity contribution in [3.05, 3.63) is 47.5 Å². The number of aromatic nitrogens is 1. The summed E-state index contributed by atoms with van der Waals surface area (Å²) in [7, 11) is -2.61. The fraction of sp³-hybridized carbons (Fsp3) is 0.0833. The number of benzene rings is 1. The molecule has 0 bridgehead atoms. The number of methoxy groups -OCH3 is 1. The standard InChI is InChI=1S/C12H10ClFN2O3S/c1-19-11-3-2-9(7-10(11)14)20(17,18)16-8-4-5-15-12(13)6-8/h2-7H,1H3,(H,15,16). The van der Waals surface area contributed by atoms with Gasteiger partial charge in [0.1, 0.15) is 5.15 Å². The van der Waals surface area contributed by atoms with Crippen molar-refractivity contribution in [2.75, 3.05) is 11.8 Å². The predicted octanol–water partition coefficient (Wildman–Crippen LogP) is 2.68. The molecule has 0 spiro atoms. The Bertz CT molecular complexity index is 737. The summed E-state index contributed by atoms with van der Waals surface area (Å²) in [6.07, 6.45) is 1.36. The highest BCUT2D eigenvalue weighted by atomic mass is 35.5. The van der Waals surface area contributed by atoms with E-state index in [1.54, 1.807) is 0 Å². The van der Waals surface area contributed by atoms with Crippen molar-refractivity contribution >= 4 is 27.3 Å². The second-order valence-corrected chi connectivity index (χ2v) is 5.84. The number of sulfonamides is 1. The molecule has 20 heavy (non-hydrogen) atoms. The molecule has 0 amide bonds. The first-order valence-corrected chi connectivity index (χ1v) is 7.26. The van der Waals surface area contributed by atoms with E-state index in [1.165, 1.54) is 37.6 Å². The Hall–Kier alpha value is -1.86. The van der Waals surface area contributed by atoms with Crippen LogP contribution in [-0.4, -0.2) is 20.5 Å². The van der Waals surface area contributed by atoms with E-state index in [0.717, 1.165) is 6.07 Å². The molecule has 0 aliphatic carbocycles. The SMILES string of the molecule is COc1ccc(S(=O)(=O)Nc2ccnc(Cl)c2)cc1F. The molecule has 0 saturated heterocycles. The van der Waals surface area contributed by atoms with Crippen molar-refractivity contribution in [1.29, 1.82) is 0 Å². The Labute approximate surface area is 120 Å². The first-order chi connectivity index (χ1) is 9.42. The fourth-order valence-corrected chi connectivity index (χ4v) is 2.73. The molecule has 1 aromatic heterocycles. The maximum Gasteiger partial charge on any atom is 0.262 e. The lowest BCUT2D eigenvalue weighted by Gasteiger charge is -2.09. The Morgan fingerprint density at radius 1 is 1.30 bits per heavy atom. The average molecular weight is 317 g/mol. The number of rotatable bonds is 4. The second-order valence-electron chi connectivity index (χ2n) is 3.77. The Kier molecular flexibility index (Phi) is 4.10. The molecule has 106 valence electrons. The number of nitrogens with one attached hydrogen (secondary N) is 1. The van der Waals surface area contributed by atoms with Gasteiger partial charge in [-0.15, -0.1) is 0 Å². The molecule has 1 N–H and O–H groups in total. The van der Waals surface area contributed by atoms with Gasteiger partial charge in [0.15, 0.2) is 11.6 Å². The van der Waals surface area contributed by atoms with Gasteiger partial charge in [-0.1, -0.05) is 11.6 Å². The molecule has 0 atom stereocenters. The third kappa shape index (κ3) is 3.17. The largest absolute Gasteiger partial charge is 0.494 e. The van der Waals surface area contributed by atoms with Gasteiger partial charge in [0.05, 0.1) is 17.7 Å². The van der Waals surface area contributed by atoms with Crippen molar-refractivity contribution in [3.8, 4) is 5.75 Å². The van der Waals surface area contributed by atoms with Gasteiger partial charge in [0, 0.05) is 6.20 Å². The molecule has 8 heteroatoms. The molecule has 0 saturated carbocycles. The fourth-order valence-electron chi connectivity index (χ4n) is 1.49. The summed E-state index contributed by atoms with van der Waals surface area (Å²) >= 11 is 5.66. The van der Waals surface area contributed by atoms with Gasteiger partial charge in [0.2, 0.25) is 0 Å². The summed E-state index contributed by atoms with van der Waals surface area (Å²) in [6.45, 7) is 0. The summed E-state index contributed by atoms with van der Waals surface area (Å²) < 4.78 is 44.7. The normalized spacial score (nSPS) is 11.2. The van der Waals surface area contributed by atoms with Crippen LogP contribution in [0.5, 0.6) is 5.75 Å². The maximum absolute atomic E-state index is 13.5. The molecule has 5 nitrogen and oxygen atoms in total. The van der Waals surface area contributed by atoms with Crippen LogP contribution in [0.15, 0.2) is 41.4 Å². The Balaban J connectivity index is 2.33. The molecule has 1 heterocycles. The highest BCUT2D eigenvalue weighted by molar-refractivity contribution is 7.92. The van der Waals surface area contributed by atoms with Gasteiger partial charge < -0.3 is 4.74 Å². The van der Waals surface area contributed by atoms with Crippen LogP contribution in [-0.2, 0) is 10.0 Å². The molecule has 0 aliphatic rings. The first-order valence-electron chi connectivity index (χ1n) is 5.40. The number of hydrogen-bond acceptors (Lipinski definition) is 4. The van der Waals surface area contributed by atoms with Crippen LogP contribution in [0, 0.1) is 5.82 Å².